The summed E-state index contributed by atoms with van der Waals surface area (Å²) in [6.45, 7) is 3.81. The van der Waals surface area contributed by atoms with Crippen molar-refractivity contribution in [1.82, 2.24) is 24.9 Å². The van der Waals surface area contributed by atoms with Gasteiger partial charge in [0, 0.05) is 36.5 Å². The van der Waals surface area contributed by atoms with Crippen LogP contribution >= 0.6 is 0 Å². The van der Waals surface area contributed by atoms with Crippen molar-refractivity contribution in [3.05, 3.63) is 34.4 Å². The molecule has 136 valence electrons. The second-order valence-corrected chi connectivity index (χ2v) is 6.43. The van der Waals surface area contributed by atoms with Gasteiger partial charge in [-0.2, -0.15) is 23.4 Å². The van der Waals surface area contributed by atoms with Crippen LogP contribution in [-0.4, -0.2) is 25.5 Å². The Labute approximate surface area is 143 Å². The summed E-state index contributed by atoms with van der Waals surface area (Å²) in [6, 6.07) is 1.06. The van der Waals surface area contributed by atoms with Crippen molar-refractivity contribution in [3.8, 4) is 0 Å². The van der Waals surface area contributed by atoms with Gasteiger partial charge >= 0.3 is 6.18 Å². The van der Waals surface area contributed by atoms with Crippen LogP contribution < -0.4 is 5.32 Å². The predicted molar refractivity (Wildman–Crippen MR) is 83.7 cm³/mol. The van der Waals surface area contributed by atoms with Crippen LogP contribution in [0, 0.1) is 13.8 Å². The van der Waals surface area contributed by atoms with E-state index in [4.69, 9.17) is 0 Å². The highest BCUT2D eigenvalue weighted by Gasteiger charge is 2.38. The fourth-order valence-corrected chi connectivity index (χ4v) is 2.86. The maximum absolute atomic E-state index is 12.9. The van der Waals surface area contributed by atoms with Crippen molar-refractivity contribution < 1.29 is 18.0 Å². The van der Waals surface area contributed by atoms with Crippen LogP contribution in [0.3, 0.4) is 0 Å². The van der Waals surface area contributed by atoms with Gasteiger partial charge in [-0.1, -0.05) is 0 Å². The molecule has 6 nitrogen and oxygen atoms in total. The molecule has 0 bridgehead atoms. The van der Waals surface area contributed by atoms with E-state index in [2.05, 4.69) is 15.5 Å². The van der Waals surface area contributed by atoms with Crippen LogP contribution in [0.1, 0.15) is 47.1 Å². The van der Waals surface area contributed by atoms with Crippen molar-refractivity contribution in [1.29, 1.82) is 0 Å². The lowest BCUT2D eigenvalue weighted by atomic mass is 10.2. The third kappa shape index (κ3) is 3.69. The Kier molecular flexibility index (Phi) is 4.34. The van der Waals surface area contributed by atoms with Crippen molar-refractivity contribution in [3.63, 3.8) is 0 Å². The Morgan fingerprint density at radius 1 is 1.32 bits per heavy atom. The highest BCUT2D eigenvalue weighted by Crippen LogP contribution is 2.42. The highest BCUT2D eigenvalue weighted by molar-refractivity contribution is 5.75. The molecule has 0 spiro atoms. The highest BCUT2D eigenvalue weighted by atomic mass is 19.4. The molecule has 9 heteroatoms. The third-order valence-corrected chi connectivity index (χ3v) is 4.51. The molecule has 0 aliphatic heterocycles. The van der Waals surface area contributed by atoms with Crippen molar-refractivity contribution in [2.75, 3.05) is 0 Å². The summed E-state index contributed by atoms with van der Waals surface area (Å²) in [5.74, 6) is -0.305. The van der Waals surface area contributed by atoms with Gasteiger partial charge in [0.1, 0.15) is 6.54 Å². The number of aryl methyl sites for hydroxylation is 2. The van der Waals surface area contributed by atoms with Crippen molar-refractivity contribution in [2.45, 2.75) is 51.9 Å². The lowest BCUT2D eigenvalue weighted by Gasteiger charge is -2.08. The molecule has 2 heterocycles. The van der Waals surface area contributed by atoms with E-state index in [0.29, 0.717) is 5.69 Å². The first-order valence-electron chi connectivity index (χ1n) is 8.07. The average Bonchev–Trinajstić information content (AvgIpc) is 3.21. The molecular weight excluding hydrogens is 335 g/mol. The normalized spacial score (nSPS) is 14.8. The van der Waals surface area contributed by atoms with E-state index in [0.717, 1.165) is 35.9 Å². The quantitative estimate of drug-likeness (QED) is 0.896. The zero-order chi connectivity index (χ0) is 18.4. The third-order valence-electron chi connectivity index (χ3n) is 4.51. The summed E-state index contributed by atoms with van der Waals surface area (Å²) in [7, 11) is 1.82. The minimum absolute atomic E-state index is 0.0687. The largest absolute Gasteiger partial charge is 0.435 e. The van der Waals surface area contributed by atoms with Crippen LogP contribution in [0.5, 0.6) is 0 Å². The molecule has 3 rings (SSSR count). The number of nitrogens with zero attached hydrogens (tertiary/aromatic N) is 4. The molecule has 25 heavy (non-hydrogen) atoms. The van der Waals surface area contributed by atoms with Gasteiger partial charge in [-0.05, 0) is 32.8 Å². The molecular formula is C16H20F3N5O. The molecule has 1 amide bonds. The minimum Gasteiger partial charge on any atom is -0.350 e. The molecule has 1 saturated carbocycles. The number of alkyl halides is 3. The lowest BCUT2D eigenvalue weighted by Crippen LogP contribution is -2.28. The van der Waals surface area contributed by atoms with Gasteiger partial charge in [0.2, 0.25) is 5.91 Å². The van der Waals surface area contributed by atoms with E-state index in [-0.39, 0.29) is 24.9 Å². The Hall–Kier alpha value is -2.32. The fourth-order valence-electron chi connectivity index (χ4n) is 2.86. The Morgan fingerprint density at radius 3 is 2.52 bits per heavy atom. The van der Waals surface area contributed by atoms with Gasteiger partial charge in [0.25, 0.3) is 0 Å². The molecule has 0 aromatic carbocycles. The van der Waals surface area contributed by atoms with E-state index in [9.17, 15) is 18.0 Å². The van der Waals surface area contributed by atoms with Crippen molar-refractivity contribution >= 4 is 5.91 Å². The Morgan fingerprint density at radius 2 is 2.00 bits per heavy atom. The van der Waals surface area contributed by atoms with Crippen LogP contribution in [0.15, 0.2) is 6.07 Å². The van der Waals surface area contributed by atoms with Gasteiger partial charge < -0.3 is 5.32 Å². The number of carbonyl (C=O) groups excluding carboxylic acids is 1. The van der Waals surface area contributed by atoms with Gasteiger partial charge in [-0.3, -0.25) is 14.2 Å². The Balaban J connectivity index is 1.69. The molecule has 1 aliphatic carbocycles. The summed E-state index contributed by atoms with van der Waals surface area (Å²) >= 11 is 0. The number of hydrogen-bond acceptors (Lipinski definition) is 3. The summed E-state index contributed by atoms with van der Waals surface area (Å²) in [6.07, 6.45) is -2.84. The number of aromatic nitrogens is 4. The van der Waals surface area contributed by atoms with Crippen LogP contribution in [0.25, 0.3) is 0 Å². The summed E-state index contributed by atoms with van der Waals surface area (Å²) in [5, 5.41) is 10.6. The standard InChI is InChI=1S/C16H20F3N5O/c1-9-12(10(2)23(3)21-9)7-20-15(25)8-24-13(11-4-5-11)6-14(22-24)16(17,18)19/h6,11H,4-5,7-8H2,1-3H3,(H,20,25). The topological polar surface area (TPSA) is 64.7 Å². The molecule has 0 atom stereocenters. The van der Waals surface area contributed by atoms with Gasteiger partial charge in [-0.25, -0.2) is 0 Å². The molecule has 1 aliphatic rings. The summed E-state index contributed by atoms with van der Waals surface area (Å²) in [4.78, 5) is 12.2. The number of halogens is 3. The summed E-state index contributed by atoms with van der Waals surface area (Å²) < 4.78 is 41.5. The first-order valence-corrected chi connectivity index (χ1v) is 8.07. The van der Waals surface area contributed by atoms with E-state index < -0.39 is 11.9 Å². The second kappa shape index (κ2) is 6.20. The van der Waals surface area contributed by atoms with Crippen LogP contribution in [0.4, 0.5) is 13.2 Å². The maximum atomic E-state index is 12.9. The van der Waals surface area contributed by atoms with Crippen LogP contribution in [-0.2, 0) is 31.1 Å². The molecule has 1 fully saturated rings. The molecule has 2 aromatic rings. The monoisotopic (exact) mass is 355 g/mol. The summed E-state index contributed by atoms with van der Waals surface area (Å²) in [5.41, 5.74) is 2.21. The molecule has 2 aromatic heterocycles. The molecule has 0 saturated heterocycles. The van der Waals surface area contributed by atoms with Gasteiger partial charge in [-0.15, -0.1) is 0 Å². The number of hydrogen-bond donors (Lipinski definition) is 1. The first kappa shape index (κ1) is 17.5. The molecule has 1 N–H and O–H groups in total. The smallest absolute Gasteiger partial charge is 0.350 e. The predicted octanol–water partition coefficient (Wildman–Crippen LogP) is 2.45. The van der Waals surface area contributed by atoms with Crippen molar-refractivity contribution in [2.24, 2.45) is 7.05 Å². The number of carbonyl (C=O) groups is 1. The SMILES string of the molecule is Cc1nn(C)c(C)c1CNC(=O)Cn1nc(C(F)(F)F)cc1C1CC1. The number of amides is 1. The minimum atomic E-state index is -4.50. The van der Waals surface area contributed by atoms with E-state index >= 15 is 0 Å². The lowest BCUT2D eigenvalue weighted by molar-refractivity contribution is -0.141. The van der Waals surface area contributed by atoms with Gasteiger partial charge in [0.05, 0.1) is 5.69 Å². The zero-order valence-corrected chi connectivity index (χ0v) is 14.3. The molecule has 0 unspecified atom stereocenters. The van der Waals surface area contributed by atoms with E-state index in [1.807, 2.05) is 20.9 Å². The van der Waals surface area contributed by atoms with E-state index in [1.54, 1.807) is 4.68 Å². The molecule has 0 radical (unpaired) electrons. The number of rotatable bonds is 5. The zero-order valence-electron chi connectivity index (χ0n) is 14.3. The maximum Gasteiger partial charge on any atom is 0.435 e. The average molecular weight is 355 g/mol. The Bertz CT molecular complexity index is 802. The fraction of sp³-hybridized carbons (Fsp3) is 0.562. The van der Waals surface area contributed by atoms with E-state index in [1.165, 1.54) is 4.68 Å². The number of nitrogens with one attached hydrogen (secondary N) is 1. The first-order chi connectivity index (χ1) is 11.7. The second-order valence-electron chi connectivity index (χ2n) is 6.43. The van der Waals surface area contributed by atoms with Gasteiger partial charge in [0.15, 0.2) is 5.69 Å². The van der Waals surface area contributed by atoms with Crippen LogP contribution in [0.2, 0.25) is 0 Å².